The molecule has 0 bridgehead atoms. The summed E-state index contributed by atoms with van der Waals surface area (Å²) in [6.07, 6.45) is 1.51. The number of carbonyl (C=O) groups excluding carboxylic acids is 1. The molecule has 0 aliphatic heterocycles. The largest absolute Gasteiger partial charge is 0.478 e. The molecule has 8 nitrogen and oxygen atoms in total. The van der Waals surface area contributed by atoms with Crippen molar-refractivity contribution in [2.75, 3.05) is 7.11 Å². The molecule has 0 saturated heterocycles. The predicted octanol–water partition coefficient (Wildman–Crippen LogP) is 2.82. The van der Waals surface area contributed by atoms with Crippen LogP contribution >= 0.6 is 0 Å². The van der Waals surface area contributed by atoms with Gasteiger partial charge in [-0.15, -0.1) is 0 Å². The van der Waals surface area contributed by atoms with Crippen molar-refractivity contribution in [2.24, 2.45) is 0 Å². The number of hydrogen-bond acceptors (Lipinski definition) is 7. The summed E-state index contributed by atoms with van der Waals surface area (Å²) >= 11 is 0. The van der Waals surface area contributed by atoms with Crippen LogP contribution in [-0.4, -0.2) is 39.7 Å². The standard InChI is InChI=1S/C19H16N2O6/c1-19(17(22)23,18(24)25-2)27-13-9-7-12(8-10-13)26-16-11-20-14-5-3-4-6-15(14)21-16/h3-11H,1-2H3,(H,22,23). The highest BCUT2D eigenvalue weighted by atomic mass is 16.6. The van der Waals surface area contributed by atoms with Crippen molar-refractivity contribution < 1.29 is 28.9 Å². The minimum Gasteiger partial charge on any atom is -0.478 e. The number of hydrogen-bond donors (Lipinski definition) is 1. The molecule has 138 valence electrons. The molecule has 1 aromatic heterocycles. The van der Waals surface area contributed by atoms with E-state index < -0.39 is 17.5 Å². The number of benzene rings is 2. The molecule has 3 aromatic rings. The number of carboxylic acid groups (broad SMARTS) is 1. The quantitative estimate of drug-likeness (QED) is 0.523. The molecule has 1 N–H and O–H groups in total. The van der Waals surface area contributed by atoms with Crippen molar-refractivity contribution in [1.82, 2.24) is 9.97 Å². The van der Waals surface area contributed by atoms with Crippen LogP contribution < -0.4 is 9.47 Å². The number of aliphatic carboxylic acids is 1. The van der Waals surface area contributed by atoms with Crippen molar-refractivity contribution in [3.63, 3.8) is 0 Å². The summed E-state index contributed by atoms with van der Waals surface area (Å²) in [6, 6.07) is 13.5. The normalized spacial score (nSPS) is 12.8. The van der Waals surface area contributed by atoms with Crippen molar-refractivity contribution >= 4 is 23.0 Å². The molecule has 8 heteroatoms. The topological polar surface area (TPSA) is 108 Å². The third-order valence-electron chi connectivity index (χ3n) is 3.78. The van der Waals surface area contributed by atoms with Gasteiger partial charge in [0, 0.05) is 0 Å². The second kappa shape index (κ2) is 7.28. The van der Waals surface area contributed by atoms with E-state index in [1.165, 1.54) is 18.3 Å². The molecule has 27 heavy (non-hydrogen) atoms. The van der Waals surface area contributed by atoms with E-state index in [1.807, 2.05) is 24.3 Å². The van der Waals surface area contributed by atoms with E-state index in [9.17, 15) is 14.7 Å². The van der Waals surface area contributed by atoms with Crippen molar-refractivity contribution in [1.29, 1.82) is 0 Å². The molecule has 0 aliphatic carbocycles. The van der Waals surface area contributed by atoms with Crippen molar-refractivity contribution in [2.45, 2.75) is 12.5 Å². The number of aromatic nitrogens is 2. The summed E-state index contributed by atoms with van der Waals surface area (Å²) in [7, 11) is 1.09. The first kappa shape index (κ1) is 18.1. The third-order valence-corrected chi connectivity index (χ3v) is 3.78. The van der Waals surface area contributed by atoms with Gasteiger partial charge in [0.1, 0.15) is 11.5 Å². The molecule has 1 atom stereocenters. The molecule has 0 fully saturated rings. The Balaban J connectivity index is 1.76. The van der Waals surface area contributed by atoms with Crippen molar-refractivity contribution in [3.05, 3.63) is 54.7 Å². The lowest BCUT2D eigenvalue weighted by molar-refractivity contribution is -0.172. The Morgan fingerprint density at radius 2 is 1.63 bits per heavy atom. The average molecular weight is 368 g/mol. The van der Waals surface area contributed by atoms with Crippen LogP contribution in [0.15, 0.2) is 54.7 Å². The first-order valence-corrected chi connectivity index (χ1v) is 7.93. The molecule has 0 spiro atoms. The molecule has 1 heterocycles. The van der Waals surface area contributed by atoms with Crippen molar-refractivity contribution in [3.8, 4) is 17.4 Å². The number of para-hydroxylation sites is 2. The third kappa shape index (κ3) is 3.79. The van der Waals surface area contributed by atoms with Crippen LogP contribution in [0, 0.1) is 0 Å². The van der Waals surface area contributed by atoms with E-state index >= 15 is 0 Å². The maximum Gasteiger partial charge on any atom is 0.361 e. The second-order valence-corrected chi connectivity index (χ2v) is 5.70. The lowest BCUT2D eigenvalue weighted by Crippen LogP contribution is -2.49. The van der Waals surface area contributed by atoms with Gasteiger partial charge in [-0.05, 0) is 43.3 Å². The van der Waals surface area contributed by atoms with E-state index in [4.69, 9.17) is 9.47 Å². The Kier molecular flexibility index (Phi) is 4.89. The van der Waals surface area contributed by atoms with Crippen LogP contribution in [0.25, 0.3) is 11.0 Å². The highest BCUT2D eigenvalue weighted by Crippen LogP contribution is 2.26. The number of methoxy groups -OCH3 is 1. The highest BCUT2D eigenvalue weighted by Gasteiger charge is 2.45. The first-order valence-electron chi connectivity index (χ1n) is 7.93. The fraction of sp³-hybridized carbons (Fsp3) is 0.158. The van der Waals surface area contributed by atoms with Gasteiger partial charge in [0.2, 0.25) is 5.88 Å². The van der Waals surface area contributed by atoms with E-state index in [0.29, 0.717) is 17.1 Å². The number of fused-ring (bicyclic) bond motifs is 1. The summed E-state index contributed by atoms with van der Waals surface area (Å²) in [5.74, 6) is -1.54. The Morgan fingerprint density at radius 3 is 2.26 bits per heavy atom. The SMILES string of the molecule is COC(=O)C(C)(Oc1ccc(Oc2cnc3ccccc3n2)cc1)C(=O)O. The summed E-state index contributed by atoms with van der Waals surface area (Å²) in [5, 5.41) is 9.27. The maximum absolute atomic E-state index is 11.7. The summed E-state index contributed by atoms with van der Waals surface area (Å²) in [5.41, 5.74) is -0.698. The highest BCUT2D eigenvalue weighted by molar-refractivity contribution is 6.02. The minimum absolute atomic E-state index is 0.169. The number of carboxylic acids is 1. The molecule has 2 aromatic carbocycles. The fourth-order valence-corrected chi connectivity index (χ4v) is 2.29. The number of ether oxygens (including phenoxy) is 3. The predicted molar refractivity (Wildman–Crippen MR) is 94.7 cm³/mol. The Bertz CT molecular complexity index is 989. The van der Waals surface area contributed by atoms with E-state index in [-0.39, 0.29) is 5.75 Å². The van der Waals surface area contributed by atoms with Gasteiger partial charge in [-0.25, -0.2) is 19.6 Å². The Hall–Kier alpha value is -3.68. The van der Waals surface area contributed by atoms with Crippen LogP contribution in [0.1, 0.15) is 6.92 Å². The molecule has 1 unspecified atom stereocenters. The molecule has 0 saturated carbocycles. The van der Waals surface area contributed by atoms with Crippen LogP contribution in [0.5, 0.6) is 17.4 Å². The van der Waals surface area contributed by atoms with Gasteiger partial charge in [-0.2, -0.15) is 0 Å². The minimum atomic E-state index is -2.15. The van der Waals surface area contributed by atoms with E-state index in [0.717, 1.165) is 19.6 Å². The monoisotopic (exact) mass is 368 g/mol. The van der Waals surface area contributed by atoms with Crippen LogP contribution in [-0.2, 0) is 14.3 Å². The Labute approximate surface area is 154 Å². The zero-order valence-corrected chi connectivity index (χ0v) is 14.6. The molecular weight excluding hydrogens is 352 g/mol. The fourth-order valence-electron chi connectivity index (χ4n) is 2.29. The molecular formula is C19H16N2O6. The molecule has 0 aliphatic rings. The lowest BCUT2D eigenvalue weighted by atomic mass is 10.1. The summed E-state index contributed by atoms with van der Waals surface area (Å²) in [6.45, 7) is 1.12. The lowest BCUT2D eigenvalue weighted by Gasteiger charge is -2.23. The summed E-state index contributed by atoms with van der Waals surface area (Å²) in [4.78, 5) is 31.7. The average Bonchev–Trinajstić information content (AvgIpc) is 2.68. The van der Waals surface area contributed by atoms with Gasteiger partial charge >= 0.3 is 11.9 Å². The van der Waals surface area contributed by atoms with E-state index in [2.05, 4.69) is 14.7 Å². The van der Waals surface area contributed by atoms with Crippen LogP contribution in [0.4, 0.5) is 0 Å². The maximum atomic E-state index is 11.7. The second-order valence-electron chi connectivity index (χ2n) is 5.70. The number of esters is 1. The van der Waals surface area contributed by atoms with E-state index in [1.54, 1.807) is 12.1 Å². The molecule has 0 radical (unpaired) electrons. The molecule has 0 amide bonds. The first-order chi connectivity index (χ1) is 12.9. The van der Waals surface area contributed by atoms with Gasteiger partial charge in [-0.1, -0.05) is 12.1 Å². The van der Waals surface area contributed by atoms with Gasteiger partial charge in [0.25, 0.3) is 5.60 Å². The van der Waals surface area contributed by atoms with Gasteiger partial charge in [0.05, 0.1) is 24.3 Å². The van der Waals surface area contributed by atoms with Gasteiger partial charge in [0.15, 0.2) is 0 Å². The summed E-state index contributed by atoms with van der Waals surface area (Å²) < 4.78 is 15.5. The van der Waals surface area contributed by atoms with Crippen LogP contribution in [0.2, 0.25) is 0 Å². The number of carbonyl (C=O) groups is 2. The van der Waals surface area contributed by atoms with Gasteiger partial charge in [-0.3, -0.25) is 0 Å². The zero-order chi connectivity index (χ0) is 19.4. The van der Waals surface area contributed by atoms with Gasteiger partial charge < -0.3 is 19.3 Å². The number of nitrogens with zero attached hydrogens (tertiary/aromatic N) is 2. The smallest absolute Gasteiger partial charge is 0.361 e. The Morgan fingerprint density at radius 1 is 1.00 bits per heavy atom. The molecule has 3 rings (SSSR count). The number of rotatable bonds is 6. The zero-order valence-electron chi connectivity index (χ0n) is 14.6. The van der Waals surface area contributed by atoms with Crippen LogP contribution in [0.3, 0.4) is 0 Å².